The van der Waals surface area contributed by atoms with Gasteiger partial charge in [-0.25, -0.2) is 4.79 Å². The fourth-order valence-corrected chi connectivity index (χ4v) is 5.59. The van der Waals surface area contributed by atoms with Gasteiger partial charge in [0.15, 0.2) is 5.11 Å². The first kappa shape index (κ1) is 18.4. The molecule has 0 spiro atoms. The highest BCUT2D eigenvalue weighted by Gasteiger charge is 2.27. The van der Waals surface area contributed by atoms with Crippen LogP contribution in [0.2, 0.25) is 0 Å². The van der Waals surface area contributed by atoms with E-state index in [1.165, 1.54) is 41.5 Å². The Kier molecular flexibility index (Phi) is 5.45. The van der Waals surface area contributed by atoms with E-state index in [1.54, 1.807) is 11.3 Å². The second-order valence-electron chi connectivity index (χ2n) is 7.13. The molecule has 2 aromatic rings. The van der Waals surface area contributed by atoms with E-state index in [-0.39, 0.29) is 5.97 Å². The number of aryl methyl sites for hydroxylation is 1. The highest BCUT2D eigenvalue weighted by molar-refractivity contribution is 7.80. The van der Waals surface area contributed by atoms with Gasteiger partial charge in [-0.2, -0.15) is 0 Å². The summed E-state index contributed by atoms with van der Waals surface area (Å²) in [7, 11) is 1.45. The minimum atomic E-state index is -0.260. The Bertz CT molecular complexity index is 875. The van der Waals surface area contributed by atoms with Crippen LogP contribution < -0.4 is 5.32 Å². The Labute approximate surface area is 169 Å². The Balaban J connectivity index is 1.57. The molecule has 1 aliphatic heterocycles. The lowest BCUT2D eigenvalue weighted by Gasteiger charge is -2.31. The number of ether oxygens (including phenoxy) is 1. The number of carbonyl (C=O) groups excluding carboxylic acids is 1. The van der Waals surface area contributed by atoms with Crippen LogP contribution in [0, 0.1) is 0 Å². The maximum Gasteiger partial charge on any atom is 0.341 e. The van der Waals surface area contributed by atoms with Gasteiger partial charge in [-0.05, 0) is 61.0 Å². The third kappa shape index (κ3) is 3.73. The lowest BCUT2D eigenvalue weighted by Crippen LogP contribution is -2.38. The first-order valence-corrected chi connectivity index (χ1v) is 10.8. The molecule has 0 amide bonds. The number of nitrogens with zero attached hydrogens (tertiary/aromatic N) is 1. The Morgan fingerprint density at radius 2 is 1.93 bits per heavy atom. The lowest BCUT2D eigenvalue weighted by atomic mass is 10.0. The van der Waals surface area contributed by atoms with E-state index in [9.17, 15) is 4.79 Å². The molecule has 1 N–H and O–H groups in total. The smallest absolute Gasteiger partial charge is 0.341 e. The number of thiocarbonyl (C=S) groups is 1. The van der Waals surface area contributed by atoms with Gasteiger partial charge in [0.2, 0.25) is 0 Å². The quantitative estimate of drug-likeness (QED) is 0.455. The number of thiophene rings is 1. The highest BCUT2D eigenvalue weighted by Crippen LogP contribution is 2.38. The predicted molar refractivity (Wildman–Crippen MR) is 114 cm³/mol. The predicted octanol–water partition coefficient (Wildman–Crippen LogP) is 4.56. The van der Waals surface area contributed by atoms with Crippen molar-refractivity contribution >= 4 is 39.6 Å². The fourth-order valence-electron chi connectivity index (χ4n) is 3.99. The summed E-state index contributed by atoms with van der Waals surface area (Å²) >= 11 is 7.38. The largest absolute Gasteiger partial charge is 0.465 e. The lowest BCUT2D eigenvalue weighted by molar-refractivity contribution is 0.0601. The molecule has 0 saturated carbocycles. The van der Waals surface area contributed by atoms with Crippen molar-refractivity contribution in [2.24, 2.45) is 0 Å². The number of rotatable bonds is 2. The maximum absolute atomic E-state index is 12.5. The molecule has 0 unspecified atom stereocenters. The van der Waals surface area contributed by atoms with Crippen molar-refractivity contribution in [2.75, 3.05) is 19.0 Å². The molecule has 0 saturated heterocycles. The van der Waals surface area contributed by atoms with Gasteiger partial charge in [0, 0.05) is 18.0 Å². The van der Waals surface area contributed by atoms with Crippen LogP contribution >= 0.6 is 23.6 Å². The molecule has 4 rings (SSSR count). The van der Waals surface area contributed by atoms with E-state index >= 15 is 0 Å². The van der Waals surface area contributed by atoms with E-state index in [2.05, 4.69) is 34.5 Å². The van der Waals surface area contributed by atoms with Crippen LogP contribution in [0.4, 0.5) is 5.00 Å². The van der Waals surface area contributed by atoms with Crippen LogP contribution in [0.5, 0.6) is 0 Å². The molecule has 142 valence electrons. The Morgan fingerprint density at radius 3 is 2.74 bits per heavy atom. The summed E-state index contributed by atoms with van der Waals surface area (Å²) in [5.41, 5.74) is 4.58. The van der Waals surface area contributed by atoms with Gasteiger partial charge in [0.1, 0.15) is 5.00 Å². The number of nitrogens with one attached hydrogen (secondary N) is 1. The maximum atomic E-state index is 12.5. The van der Waals surface area contributed by atoms with E-state index in [0.717, 1.165) is 43.8 Å². The number of methoxy groups -OCH3 is 1. The van der Waals surface area contributed by atoms with Crippen molar-refractivity contribution in [3.63, 3.8) is 0 Å². The van der Waals surface area contributed by atoms with Crippen molar-refractivity contribution < 1.29 is 9.53 Å². The summed E-state index contributed by atoms with van der Waals surface area (Å²) in [4.78, 5) is 16.0. The minimum Gasteiger partial charge on any atom is -0.465 e. The monoisotopic (exact) mass is 400 g/mol. The summed E-state index contributed by atoms with van der Waals surface area (Å²) in [5, 5.41) is 4.91. The van der Waals surface area contributed by atoms with Crippen LogP contribution in [-0.2, 0) is 30.5 Å². The van der Waals surface area contributed by atoms with Crippen molar-refractivity contribution in [1.82, 2.24) is 4.90 Å². The van der Waals surface area contributed by atoms with Crippen LogP contribution in [0.15, 0.2) is 24.3 Å². The van der Waals surface area contributed by atoms with Gasteiger partial charge in [0.25, 0.3) is 0 Å². The number of carbonyl (C=O) groups is 1. The number of esters is 1. The SMILES string of the molecule is COC(=O)c1c(NC(=S)N2CCc3ccccc3C2)sc2c1CCCCC2. The van der Waals surface area contributed by atoms with Gasteiger partial charge in [0.05, 0.1) is 12.7 Å². The van der Waals surface area contributed by atoms with E-state index in [4.69, 9.17) is 17.0 Å². The molecule has 0 bridgehead atoms. The van der Waals surface area contributed by atoms with Crippen molar-refractivity contribution in [1.29, 1.82) is 0 Å². The van der Waals surface area contributed by atoms with Crippen molar-refractivity contribution in [3.8, 4) is 0 Å². The molecule has 6 heteroatoms. The van der Waals surface area contributed by atoms with E-state index in [0.29, 0.717) is 10.7 Å². The average Bonchev–Trinajstić information content (AvgIpc) is 2.87. The number of hydrogen-bond acceptors (Lipinski definition) is 4. The zero-order valence-corrected chi connectivity index (χ0v) is 17.2. The summed E-state index contributed by atoms with van der Waals surface area (Å²) in [6.07, 6.45) is 6.50. The summed E-state index contributed by atoms with van der Waals surface area (Å²) in [5.74, 6) is -0.260. The first-order chi connectivity index (χ1) is 13.2. The molecule has 1 aromatic carbocycles. The molecule has 1 aromatic heterocycles. The van der Waals surface area contributed by atoms with E-state index in [1.807, 2.05) is 0 Å². The van der Waals surface area contributed by atoms with Gasteiger partial charge >= 0.3 is 5.97 Å². The molecule has 1 aliphatic carbocycles. The molecule has 2 aliphatic rings. The number of benzene rings is 1. The third-order valence-corrected chi connectivity index (χ3v) is 7.02. The molecule has 4 nitrogen and oxygen atoms in total. The number of hydrogen-bond donors (Lipinski definition) is 1. The van der Waals surface area contributed by atoms with Gasteiger partial charge in [-0.3, -0.25) is 0 Å². The summed E-state index contributed by atoms with van der Waals surface area (Å²) in [6, 6.07) is 8.52. The van der Waals surface area contributed by atoms with Crippen LogP contribution in [0.3, 0.4) is 0 Å². The number of fused-ring (bicyclic) bond motifs is 2. The van der Waals surface area contributed by atoms with Gasteiger partial charge in [-0.15, -0.1) is 11.3 Å². The minimum absolute atomic E-state index is 0.260. The normalized spacial score (nSPS) is 16.1. The first-order valence-electron chi connectivity index (χ1n) is 9.53. The molecule has 2 heterocycles. The standard InChI is InChI=1S/C21H24N2O2S2/c1-25-20(24)18-16-9-3-2-4-10-17(16)27-19(18)22-21(26)23-12-11-14-7-5-6-8-15(14)13-23/h5-8H,2-4,9-13H2,1H3,(H,22,26). The summed E-state index contributed by atoms with van der Waals surface area (Å²) < 4.78 is 5.09. The fraction of sp³-hybridized carbons (Fsp3) is 0.429. The van der Waals surface area contributed by atoms with Gasteiger partial charge < -0.3 is 15.0 Å². The second-order valence-corrected chi connectivity index (χ2v) is 8.62. The zero-order chi connectivity index (χ0) is 18.8. The van der Waals surface area contributed by atoms with Crippen LogP contribution in [0.1, 0.15) is 51.2 Å². The van der Waals surface area contributed by atoms with Crippen molar-refractivity contribution in [3.05, 3.63) is 51.4 Å². The molecule has 27 heavy (non-hydrogen) atoms. The average molecular weight is 401 g/mol. The van der Waals surface area contributed by atoms with Crippen molar-refractivity contribution in [2.45, 2.75) is 45.1 Å². The molecule has 0 fully saturated rings. The molecular weight excluding hydrogens is 376 g/mol. The zero-order valence-electron chi connectivity index (χ0n) is 15.5. The Hall–Kier alpha value is -1.92. The van der Waals surface area contributed by atoms with Crippen LogP contribution in [0.25, 0.3) is 0 Å². The molecule has 0 atom stereocenters. The summed E-state index contributed by atoms with van der Waals surface area (Å²) in [6.45, 7) is 1.70. The second kappa shape index (κ2) is 7.98. The van der Waals surface area contributed by atoms with Gasteiger partial charge in [-0.1, -0.05) is 30.7 Å². The molecular formula is C21H24N2O2S2. The Morgan fingerprint density at radius 1 is 1.15 bits per heavy atom. The highest BCUT2D eigenvalue weighted by atomic mass is 32.1. The van der Waals surface area contributed by atoms with Crippen LogP contribution in [-0.4, -0.2) is 29.6 Å². The third-order valence-electron chi connectivity index (χ3n) is 5.45. The number of anilines is 1. The molecule has 0 radical (unpaired) electrons. The van der Waals surface area contributed by atoms with E-state index < -0.39 is 0 Å². The topological polar surface area (TPSA) is 41.6 Å².